The van der Waals surface area contributed by atoms with Crippen LogP contribution in [0.5, 0.6) is 0 Å². The zero-order valence-corrected chi connectivity index (χ0v) is 22.2. The molecule has 0 saturated heterocycles. The maximum Gasteiger partial charge on any atom is 0.416 e. The molecule has 6 rings (SSSR count). The van der Waals surface area contributed by atoms with Gasteiger partial charge in [0.2, 0.25) is 0 Å². The zero-order chi connectivity index (χ0) is 27.9. The van der Waals surface area contributed by atoms with Gasteiger partial charge in [0, 0.05) is 48.0 Å². The van der Waals surface area contributed by atoms with Crippen molar-refractivity contribution < 1.29 is 18.0 Å². The number of fused-ring (bicyclic) bond motifs is 2. The van der Waals surface area contributed by atoms with E-state index in [0.717, 1.165) is 18.9 Å². The molecule has 3 aromatic carbocycles. The van der Waals surface area contributed by atoms with E-state index in [1.165, 1.54) is 23.3 Å². The summed E-state index contributed by atoms with van der Waals surface area (Å²) in [6, 6.07) is 21.1. The normalized spacial score (nSPS) is 14.8. The van der Waals surface area contributed by atoms with Crippen LogP contribution in [0.15, 0.2) is 79.0 Å². The Hall–Kier alpha value is -4.04. The van der Waals surface area contributed by atoms with Gasteiger partial charge in [-0.25, -0.2) is 4.98 Å². The molecular weight excluding hydrogens is 537 g/mol. The zero-order valence-electron chi connectivity index (χ0n) is 21.4. The monoisotopic (exact) mass is 562 g/mol. The number of pyridine rings is 1. The summed E-state index contributed by atoms with van der Waals surface area (Å²) in [5.74, 6) is 0.408. The minimum Gasteiger partial charge on any atom is -0.367 e. The highest BCUT2D eigenvalue weighted by Crippen LogP contribution is 2.37. The Morgan fingerprint density at radius 3 is 2.50 bits per heavy atom. The number of nitrogens with zero attached hydrogens (tertiary/aromatic N) is 2. The van der Waals surface area contributed by atoms with E-state index in [-0.39, 0.29) is 29.1 Å². The summed E-state index contributed by atoms with van der Waals surface area (Å²) in [5.41, 5.74) is 4.47. The summed E-state index contributed by atoms with van der Waals surface area (Å²) in [5, 5.41) is 6.65. The molecule has 1 amide bonds. The molecule has 2 N–H and O–H groups in total. The van der Waals surface area contributed by atoms with E-state index in [2.05, 4.69) is 27.8 Å². The molecule has 2 heterocycles. The fourth-order valence-electron chi connectivity index (χ4n) is 5.60. The van der Waals surface area contributed by atoms with Crippen molar-refractivity contribution in [1.82, 2.24) is 10.3 Å². The Morgan fingerprint density at radius 1 is 1.02 bits per heavy atom. The van der Waals surface area contributed by atoms with Gasteiger partial charge in [-0.05, 0) is 65.4 Å². The number of nitrogens with one attached hydrogen (secondary N) is 2. The standard InChI is InChI=1S/C31H26ClF3N4O/c32-23-9-10-27(31(33,34)35)22(13-23)18-39-12-11-36-29-28(39)16-21(17-37-29)25-7-3-4-8-26(25)30(40)38-24-14-19-5-1-2-6-20(19)15-24/h1-10,13,16-17,24H,11-12,14-15,18H2,(H,36,37)(H,38,40). The third kappa shape index (κ3) is 5.23. The summed E-state index contributed by atoms with van der Waals surface area (Å²) >= 11 is 6.08. The molecule has 9 heteroatoms. The highest BCUT2D eigenvalue weighted by atomic mass is 35.5. The van der Waals surface area contributed by atoms with Crippen molar-refractivity contribution in [2.45, 2.75) is 31.6 Å². The van der Waals surface area contributed by atoms with Crippen LogP contribution in [0, 0.1) is 0 Å². The van der Waals surface area contributed by atoms with Crippen LogP contribution in [-0.2, 0) is 25.6 Å². The van der Waals surface area contributed by atoms with Gasteiger partial charge in [0.1, 0.15) is 5.82 Å². The van der Waals surface area contributed by atoms with Crippen molar-refractivity contribution in [3.63, 3.8) is 0 Å². The van der Waals surface area contributed by atoms with Crippen LogP contribution in [0.2, 0.25) is 5.02 Å². The average Bonchev–Trinajstić information content (AvgIpc) is 3.35. The largest absolute Gasteiger partial charge is 0.416 e. The maximum absolute atomic E-state index is 13.7. The SMILES string of the molecule is O=C(NC1Cc2ccccc2C1)c1ccccc1-c1cnc2c(c1)N(Cc1cc(Cl)ccc1C(F)(F)F)CCN2. The second-order valence-electron chi connectivity index (χ2n) is 10.1. The first-order valence-electron chi connectivity index (χ1n) is 13.1. The first-order chi connectivity index (χ1) is 19.3. The van der Waals surface area contributed by atoms with Crippen molar-refractivity contribution in [3.05, 3.63) is 112 Å². The molecule has 2 aliphatic rings. The minimum absolute atomic E-state index is 0.0135. The Labute approximate surface area is 235 Å². The van der Waals surface area contributed by atoms with Crippen molar-refractivity contribution in [2.75, 3.05) is 23.3 Å². The van der Waals surface area contributed by atoms with Crippen LogP contribution in [0.4, 0.5) is 24.7 Å². The van der Waals surface area contributed by atoms with Crippen molar-refractivity contribution >= 4 is 29.0 Å². The summed E-state index contributed by atoms with van der Waals surface area (Å²) in [6.45, 7) is 1.02. The predicted molar refractivity (Wildman–Crippen MR) is 151 cm³/mol. The Morgan fingerprint density at radius 2 is 1.75 bits per heavy atom. The summed E-state index contributed by atoms with van der Waals surface area (Å²) in [6.07, 6.45) is -1.24. The quantitative estimate of drug-likeness (QED) is 0.282. The molecule has 4 aromatic rings. The highest BCUT2D eigenvalue weighted by Gasteiger charge is 2.34. The highest BCUT2D eigenvalue weighted by molar-refractivity contribution is 6.30. The minimum atomic E-state index is -4.50. The molecule has 204 valence electrons. The van der Waals surface area contributed by atoms with Crippen molar-refractivity contribution in [1.29, 1.82) is 0 Å². The van der Waals surface area contributed by atoms with E-state index in [1.54, 1.807) is 12.3 Å². The summed E-state index contributed by atoms with van der Waals surface area (Å²) in [4.78, 5) is 19.9. The molecule has 0 bridgehead atoms. The number of amides is 1. The van der Waals surface area contributed by atoms with Gasteiger partial charge in [-0.3, -0.25) is 4.79 Å². The second kappa shape index (κ2) is 10.5. The number of hydrogen-bond donors (Lipinski definition) is 2. The summed E-state index contributed by atoms with van der Waals surface area (Å²) in [7, 11) is 0. The Bertz CT molecular complexity index is 1560. The molecule has 0 spiro atoms. The lowest BCUT2D eigenvalue weighted by molar-refractivity contribution is -0.138. The molecule has 40 heavy (non-hydrogen) atoms. The number of anilines is 2. The molecule has 1 aliphatic carbocycles. The second-order valence-corrected chi connectivity index (χ2v) is 10.6. The van der Waals surface area contributed by atoms with Gasteiger partial charge in [-0.15, -0.1) is 0 Å². The molecule has 0 fully saturated rings. The number of carbonyl (C=O) groups excluding carboxylic acids is 1. The van der Waals surface area contributed by atoms with Crippen LogP contribution in [-0.4, -0.2) is 30.0 Å². The average molecular weight is 563 g/mol. The topological polar surface area (TPSA) is 57.3 Å². The molecule has 0 radical (unpaired) electrons. The number of aromatic nitrogens is 1. The van der Waals surface area contributed by atoms with Gasteiger partial charge in [0.15, 0.2) is 0 Å². The van der Waals surface area contributed by atoms with E-state index in [1.807, 2.05) is 41.3 Å². The molecule has 0 unspecified atom stereocenters. The molecular formula is C31H26ClF3N4O. The Kier molecular flexibility index (Phi) is 6.88. The first-order valence-corrected chi connectivity index (χ1v) is 13.5. The third-order valence-electron chi connectivity index (χ3n) is 7.49. The fraction of sp³-hybridized carbons (Fsp3) is 0.226. The van der Waals surface area contributed by atoms with E-state index in [9.17, 15) is 18.0 Å². The third-order valence-corrected chi connectivity index (χ3v) is 7.72. The van der Waals surface area contributed by atoms with Gasteiger partial charge in [0.05, 0.1) is 11.3 Å². The van der Waals surface area contributed by atoms with E-state index in [4.69, 9.17) is 11.6 Å². The van der Waals surface area contributed by atoms with Crippen LogP contribution in [0.25, 0.3) is 11.1 Å². The van der Waals surface area contributed by atoms with Crippen LogP contribution >= 0.6 is 11.6 Å². The van der Waals surface area contributed by atoms with Gasteiger partial charge in [0.25, 0.3) is 5.91 Å². The maximum atomic E-state index is 13.7. The van der Waals surface area contributed by atoms with Gasteiger partial charge in [-0.1, -0.05) is 54.1 Å². The number of benzene rings is 3. The number of alkyl halides is 3. The van der Waals surface area contributed by atoms with Gasteiger partial charge in [-0.2, -0.15) is 13.2 Å². The number of hydrogen-bond acceptors (Lipinski definition) is 4. The number of halogens is 4. The molecule has 5 nitrogen and oxygen atoms in total. The smallest absolute Gasteiger partial charge is 0.367 e. The lowest BCUT2D eigenvalue weighted by Gasteiger charge is -2.32. The van der Waals surface area contributed by atoms with E-state index >= 15 is 0 Å². The fourth-order valence-corrected chi connectivity index (χ4v) is 5.80. The first kappa shape index (κ1) is 26.2. The van der Waals surface area contributed by atoms with Crippen LogP contribution in [0.3, 0.4) is 0 Å². The lowest BCUT2D eigenvalue weighted by atomic mass is 9.99. The van der Waals surface area contributed by atoms with Crippen molar-refractivity contribution in [3.8, 4) is 11.1 Å². The number of carbonyl (C=O) groups is 1. The van der Waals surface area contributed by atoms with Crippen LogP contribution in [0.1, 0.15) is 32.6 Å². The van der Waals surface area contributed by atoms with E-state index < -0.39 is 11.7 Å². The lowest BCUT2D eigenvalue weighted by Crippen LogP contribution is -2.35. The summed E-state index contributed by atoms with van der Waals surface area (Å²) < 4.78 is 41.2. The van der Waals surface area contributed by atoms with Gasteiger partial charge >= 0.3 is 6.18 Å². The van der Waals surface area contributed by atoms with Crippen molar-refractivity contribution in [2.24, 2.45) is 0 Å². The van der Waals surface area contributed by atoms with E-state index in [0.29, 0.717) is 41.3 Å². The molecule has 0 atom stereocenters. The Balaban J connectivity index is 1.29. The van der Waals surface area contributed by atoms with Gasteiger partial charge < -0.3 is 15.5 Å². The molecule has 1 aromatic heterocycles. The number of rotatable bonds is 5. The van der Waals surface area contributed by atoms with Crippen LogP contribution < -0.4 is 15.5 Å². The predicted octanol–water partition coefficient (Wildman–Crippen LogP) is 6.75. The molecule has 1 aliphatic heterocycles. The molecule has 0 saturated carbocycles.